The summed E-state index contributed by atoms with van der Waals surface area (Å²) in [5.74, 6) is 0.369. The summed E-state index contributed by atoms with van der Waals surface area (Å²) in [5.41, 5.74) is 0.421. The molecule has 8 nitrogen and oxygen atoms in total. The van der Waals surface area contributed by atoms with Crippen LogP contribution in [0.3, 0.4) is 0 Å². The molecule has 2 aromatic heterocycles. The van der Waals surface area contributed by atoms with E-state index in [9.17, 15) is 9.59 Å². The van der Waals surface area contributed by atoms with Gasteiger partial charge in [-0.25, -0.2) is 4.79 Å². The molecule has 0 radical (unpaired) electrons. The van der Waals surface area contributed by atoms with Crippen LogP contribution in [-0.4, -0.2) is 27.0 Å². The van der Waals surface area contributed by atoms with Gasteiger partial charge in [0.2, 0.25) is 5.89 Å². The van der Waals surface area contributed by atoms with E-state index in [1.54, 1.807) is 12.1 Å². The van der Waals surface area contributed by atoms with Crippen molar-refractivity contribution >= 4 is 11.9 Å². The largest absolute Gasteiger partial charge is 0.459 e. The second-order valence-corrected chi connectivity index (χ2v) is 7.23. The van der Waals surface area contributed by atoms with E-state index in [1.807, 2.05) is 60.7 Å². The van der Waals surface area contributed by atoms with Crippen LogP contribution in [0.25, 0.3) is 11.7 Å². The van der Waals surface area contributed by atoms with Gasteiger partial charge in [0.05, 0.1) is 6.26 Å². The first-order valence-electron chi connectivity index (χ1n) is 9.75. The Kier molecular flexibility index (Phi) is 4.59. The molecule has 1 aliphatic rings. The average Bonchev–Trinajstić information content (AvgIpc) is 3.53. The highest BCUT2D eigenvalue weighted by Gasteiger charge is 2.52. The minimum Gasteiger partial charge on any atom is -0.459 e. The van der Waals surface area contributed by atoms with Crippen LogP contribution < -0.4 is 5.32 Å². The molecule has 8 heteroatoms. The molecule has 1 unspecified atom stereocenters. The highest BCUT2D eigenvalue weighted by atomic mass is 16.4. The van der Waals surface area contributed by atoms with E-state index < -0.39 is 11.6 Å². The van der Waals surface area contributed by atoms with Crippen molar-refractivity contribution in [3.63, 3.8) is 0 Å². The lowest BCUT2D eigenvalue weighted by Crippen LogP contribution is -2.46. The summed E-state index contributed by atoms with van der Waals surface area (Å²) in [6.07, 6.45) is 1.81. The van der Waals surface area contributed by atoms with Crippen LogP contribution >= 0.6 is 0 Å². The standard InChI is InChI=1S/C23H18N4O4/c28-21-23(17-10-5-2-6-11-17,14-16-8-3-1-4-9-16)24-22(29)27(21)15-19-25-26-20(31-19)18-12-7-13-30-18/h1-13H,14-15H2,(H,24,29). The van der Waals surface area contributed by atoms with Crippen molar-refractivity contribution < 1.29 is 18.4 Å². The van der Waals surface area contributed by atoms with Crippen LogP contribution in [0.4, 0.5) is 4.79 Å². The number of nitrogens with one attached hydrogen (secondary N) is 1. The van der Waals surface area contributed by atoms with Gasteiger partial charge in [-0.1, -0.05) is 60.7 Å². The number of imide groups is 1. The molecule has 0 spiro atoms. The fourth-order valence-electron chi connectivity index (χ4n) is 3.76. The van der Waals surface area contributed by atoms with Gasteiger partial charge < -0.3 is 14.2 Å². The van der Waals surface area contributed by atoms with Gasteiger partial charge in [-0.05, 0) is 23.3 Å². The Hall–Kier alpha value is -4.20. The Morgan fingerprint density at radius 3 is 2.35 bits per heavy atom. The zero-order valence-electron chi connectivity index (χ0n) is 16.4. The molecule has 31 heavy (non-hydrogen) atoms. The number of urea groups is 1. The summed E-state index contributed by atoms with van der Waals surface area (Å²) in [7, 11) is 0. The van der Waals surface area contributed by atoms with Crippen molar-refractivity contribution in [2.24, 2.45) is 0 Å². The van der Waals surface area contributed by atoms with Gasteiger partial charge >= 0.3 is 6.03 Å². The van der Waals surface area contributed by atoms with Crippen molar-refractivity contribution in [2.75, 3.05) is 0 Å². The molecule has 1 aliphatic heterocycles. The highest BCUT2D eigenvalue weighted by molar-refractivity contribution is 6.07. The maximum absolute atomic E-state index is 13.6. The van der Waals surface area contributed by atoms with Crippen LogP contribution in [0.15, 0.2) is 87.9 Å². The topological polar surface area (TPSA) is 101 Å². The number of furan rings is 1. The summed E-state index contributed by atoms with van der Waals surface area (Å²) >= 11 is 0. The molecule has 0 saturated carbocycles. The van der Waals surface area contributed by atoms with Crippen LogP contribution in [0.5, 0.6) is 0 Å². The first-order chi connectivity index (χ1) is 15.2. The predicted molar refractivity (Wildman–Crippen MR) is 109 cm³/mol. The van der Waals surface area contributed by atoms with Crippen molar-refractivity contribution in [3.05, 3.63) is 96.1 Å². The van der Waals surface area contributed by atoms with Gasteiger partial charge in [0.1, 0.15) is 6.54 Å². The molecule has 154 valence electrons. The lowest BCUT2D eigenvalue weighted by Gasteiger charge is -2.27. The first-order valence-corrected chi connectivity index (χ1v) is 9.75. The third-order valence-electron chi connectivity index (χ3n) is 5.25. The number of carbonyl (C=O) groups is 2. The van der Waals surface area contributed by atoms with Gasteiger partial charge in [0, 0.05) is 6.42 Å². The fraction of sp³-hybridized carbons (Fsp3) is 0.130. The van der Waals surface area contributed by atoms with Gasteiger partial charge in [-0.2, -0.15) is 0 Å². The lowest BCUT2D eigenvalue weighted by molar-refractivity contribution is -0.132. The summed E-state index contributed by atoms with van der Waals surface area (Å²) in [4.78, 5) is 27.6. The third-order valence-corrected chi connectivity index (χ3v) is 5.25. The molecule has 0 bridgehead atoms. The summed E-state index contributed by atoms with van der Waals surface area (Å²) in [6.45, 7) is -0.137. The minimum atomic E-state index is -1.22. The number of hydrogen-bond acceptors (Lipinski definition) is 6. The van der Waals surface area contributed by atoms with E-state index in [-0.39, 0.29) is 24.2 Å². The number of aromatic nitrogens is 2. The van der Waals surface area contributed by atoms with E-state index in [0.717, 1.165) is 10.5 Å². The van der Waals surface area contributed by atoms with E-state index in [4.69, 9.17) is 8.83 Å². The maximum atomic E-state index is 13.6. The number of benzene rings is 2. The normalized spacial score (nSPS) is 18.4. The molecular formula is C23H18N4O4. The highest BCUT2D eigenvalue weighted by Crippen LogP contribution is 2.33. The van der Waals surface area contributed by atoms with Crippen molar-refractivity contribution in [1.82, 2.24) is 20.4 Å². The van der Waals surface area contributed by atoms with Crippen LogP contribution in [0.1, 0.15) is 17.0 Å². The van der Waals surface area contributed by atoms with Crippen LogP contribution in [0, 0.1) is 0 Å². The van der Waals surface area contributed by atoms with Crippen molar-refractivity contribution in [1.29, 1.82) is 0 Å². The number of hydrogen-bond donors (Lipinski definition) is 1. The second kappa shape index (κ2) is 7.56. The maximum Gasteiger partial charge on any atom is 0.325 e. The molecule has 3 amide bonds. The van der Waals surface area contributed by atoms with E-state index in [1.165, 1.54) is 6.26 Å². The number of amides is 3. The zero-order chi connectivity index (χ0) is 21.3. The van der Waals surface area contributed by atoms with E-state index >= 15 is 0 Å². The molecule has 5 rings (SSSR count). The molecule has 1 saturated heterocycles. The monoisotopic (exact) mass is 414 g/mol. The summed E-state index contributed by atoms with van der Waals surface area (Å²) in [5, 5.41) is 10.8. The smallest absolute Gasteiger partial charge is 0.325 e. The number of rotatable bonds is 6. The second-order valence-electron chi connectivity index (χ2n) is 7.23. The van der Waals surface area contributed by atoms with E-state index in [0.29, 0.717) is 17.7 Å². The van der Waals surface area contributed by atoms with Gasteiger partial charge in [-0.3, -0.25) is 9.69 Å². The Bertz CT molecular complexity index is 1200. The van der Waals surface area contributed by atoms with Gasteiger partial charge in [0.15, 0.2) is 11.3 Å². The van der Waals surface area contributed by atoms with Crippen LogP contribution in [-0.2, 0) is 23.3 Å². The zero-order valence-corrected chi connectivity index (χ0v) is 16.4. The quantitative estimate of drug-likeness (QED) is 0.485. The molecule has 1 atom stereocenters. The van der Waals surface area contributed by atoms with Gasteiger partial charge in [-0.15, -0.1) is 10.2 Å². The molecular weight excluding hydrogens is 396 g/mol. The number of nitrogens with zero attached hydrogens (tertiary/aromatic N) is 3. The van der Waals surface area contributed by atoms with Crippen molar-refractivity contribution in [3.8, 4) is 11.7 Å². The lowest BCUT2D eigenvalue weighted by atomic mass is 9.83. The molecule has 0 aliphatic carbocycles. The van der Waals surface area contributed by atoms with Crippen LogP contribution in [0.2, 0.25) is 0 Å². The van der Waals surface area contributed by atoms with E-state index in [2.05, 4.69) is 15.5 Å². The Morgan fingerprint density at radius 1 is 0.903 bits per heavy atom. The van der Waals surface area contributed by atoms with Crippen molar-refractivity contribution in [2.45, 2.75) is 18.5 Å². The SMILES string of the molecule is O=C1NC(Cc2ccccc2)(c2ccccc2)C(=O)N1Cc1nnc(-c2ccco2)o1. The molecule has 4 aromatic rings. The summed E-state index contributed by atoms with van der Waals surface area (Å²) in [6, 6.07) is 21.7. The first kappa shape index (κ1) is 18.8. The fourth-order valence-corrected chi connectivity index (χ4v) is 3.76. The average molecular weight is 414 g/mol. The Balaban J connectivity index is 1.47. The minimum absolute atomic E-state index is 0.137. The Labute approximate surface area is 177 Å². The molecule has 1 fully saturated rings. The Morgan fingerprint density at radius 2 is 1.65 bits per heavy atom. The molecule has 1 N–H and O–H groups in total. The molecule has 3 heterocycles. The third kappa shape index (κ3) is 3.38. The summed E-state index contributed by atoms with van der Waals surface area (Å²) < 4.78 is 10.8. The van der Waals surface area contributed by atoms with Gasteiger partial charge in [0.25, 0.3) is 11.8 Å². The molecule has 2 aromatic carbocycles. The predicted octanol–water partition coefficient (Wildman–Crippen LogP) is 3.52. The number of carbonyl (C=O) groups excluding carboxylic acids is 2.